The van der Waals surface area contributed by atoms with Crippen LogP contribution in [0.2, 0.25) is 0 Å². The zero-order valence-corrected chi connectivity index (χ0v) is 11.8. The summed E-state index contributed by atoms with van der Waals surface area (Å²) in [7, 11) is 1.54. The van der Waals surface area contributed by atoms with Crippen LogP contribution in [0.25, 0.3) is 10.2 Å². The van der Waals surface area contributed by atoms with E-state index in [0.29, 0.717) is 12.3 Å². The molecule has 0 bridgehead atoms. The van der Waals surface area contributed by atoms with Crippen molar-refractivity contribution in [2.75, 3.05) is 12.4 Å². The molecule has 102 valence electrons. The monoisotopic (exact) mass is 286 g/mol. The van der Waals surface area contributed by atoms with Gasteiger partial charge in [0, 0.05) is 12.2 Å². The highest BCUT2D eigenvalue weighted by Crippen LogP contribution is 2.27. The minimum absolute atomic E-state index is 0.157. The average Bonchev–Trinajstić information content (AvgIpc) is 2.92. The average molecular weight is 286 g/mol. The normalized spacial score (nSPS) is 10.7. The fourth-order valence-electron chi connectivity index (χ4n) is 2.01. The lowest BCUT2D eigenvalue weighted by molar-refractivity contribution is 0.373. The number of fused-ring (bicyclic) bond motifs is 1. The van der Waals surface area contributed by atoms with E-state index in [1.165, 1.54) is 7.11 Å². The number of nitrogens with one attached hydrogen (secondary N) is 1. The van der Waals surface area contributed by atoms with Crippen LogP contribution in [-0.2, 0) is 6.54 Å². The van der Waals surface area contributed by atoms with Gasteiger partial charge in [-0.1, -0.05) is 6.07 Å². The van der Waals surface area contributed by atoms with Crippen LogP contribution < -0.4 is 10.1 Å². The van der Waals surface area contributed by atoms with Crippen molar-refractivity contribution < 1.29 is 9.84 Å². The summed E-state index contributed by atoms with van der Waals surface area (Å²) in [6.07, 6.45) is 0. The van der Waals surface area contributed by atoms with Gasteiger partial charge in [0.25, 0.3) is 0 Å². The molecule has 4 nitrogen and oxygen atoms in total. The third-order valence-corrected chi connectivity index (χ3v) is 3.86. The second-order valence-corrected chi connectivity index (χ2v) is 5.28. The maximum atomic E-state index is 9.74. The minimum Gasteiger partial charge on any atom is -0.504 e. The topological polar surface area (TPSA) is 54.4 Å². The first-order valence-corrected chi connectivity index (χ1v) is 7.07. The van der Waals surface area contributed by atoms with Gasteiger partial charge in [-0.05, 0) is 35.9 Å². The Bertz CT molecular complexity index is 740. The lowest BCUT2D eigenvalue weighted by Crippen LogP contribution is -1.99. The molecule has 0 amide bonds. The van der Waals surface area contributed by atoms with E-state index in [9.17, 15) is 5.11 Å². The number of aromatic hydroxyl groups is 1. The first-order chi connectivity index (χ1) is 9.76. The Balaban J connectivity index is 1.73. The Labute approximate surface area is 120 Å². The van der Waals surface area contributed by atoms with Gasteiger partial charge in [0.15, 0.2) is 11.5 Å². The van der Waals surface area contributed by atoms with Crippen molar-refractivity contribution >= 4 is 27.2 Å². The quantitative estimate of drug-likeness (QED) is 0.769. The van der Waals surface area contributed by atoms with E-state index < -0.39 is 0 Å². The lowest BCUT2D eigenvalue weighted by atomic mass is 10.2. The fourth-order valence-corrected chi connectivity index (χ4v) is 2.73. The van der Waals surface area contributed by atoms with Gasteiger partial charge < -0.3 is 15.2 Å². The summed E-state index contributed by atoms with van der Waals surface area (Å²) in [4.78, 5) is 4.25. The molecule has 0 aliphatic carbocycles. The predicted molar refractivity (Wildman–Crippen MR) is 81.6 cm³/mol. The molecule has 0 saturated carbocycles. The number of phenols is 1. The Morgan fingerprint density at radius 2 is 2.15 bits per heavy atom. The van der Waals surface area contributed by atoms with E-state index in [-0.39, 0.29) is 5.75 Å². The highest BCUT2D eigenvalue weighted by molar-refractivity contribution is 7.16. The van der Waals surface area contributed by atoms with E-state index in [0.717, 1.165) is 21.5 Å². The first-order valence-electron chi connectivity index (χ1n) is 6.19. The predicted octanol–water partition coefficient (Wildman–Crippen LogP) is 3.62. The highest BCUT2D eigenvalue weighted by Gasteiger charge is 2.03. The number of hydrogen-bond donors (Lipinski definition) is 2. The smallest absolute Gasteiger partial charge is 0.160 e. The number of benzene rings is 2. The molecule has 0 fully saturated rings. The van der Waals surface area contributed by atoms with Crippen molar-refractivity contribution in [1.29, 1.82) is 0 Å². The van der Waals surface area contributed by atoms with Crippen LogP contribution in [0.3, 0.4) is 0 Å². The molecule has 3 rings (SSSR count). The molecule has 2 N–H and O–H groups in total. The second-order valence-electron chi connectivity index (χ2n) is 4.39. The van der Waals surface area contributed by atoms with Gasteiger partial charge in [-0.2, -0.15) is 0 Å². The van der Waals surface area contributed by atoms with Crippen LogP contribution in [0.5, 0.6) is 11.5 Å². The summed E-state index contributed by atoms with van der Waals surface area (Å²) in [6.45, 7) is 0.641. The molecule has 5 heteroatoms. The standard InChI is InChI=1S/C15H14N2O2S/c1-19-14-5-2-10(6-13(14)18)8-16-11-3-4-12-15(7-11)20-9-17-12/h2-7,9,16,18H,8H2,1H3. The van der Waals surface area contributed by atoms with Crippen LogP contribution in [0, 0.1) is 0 Å². The third-order valence-electron chi connectivity index (χ3n) is 3.07. The van der Waals surface area contributed by atoms with Crippen LogP contribution in [0.15, 0.2) is 41.9 Å². The molecule has 1 heterocycles. The number of aromatic nitrogens is 1. The molecule has 3 aromatic rings. The number of anilines is 1. The molecule has 0 spiro atoms. The van der Waals surface area contributed by atoms with Gasteiger partial charge in [-0.25, -0.2) is 4.98 Å². The summed E-state index contributed by atoms with van der Waals surface area (Å²) in [5.41, 5.74) is 4.89. The Morgan fingerprint density at radius 3 is 2.95 bits per heavy atom. The summed E-state index contributed by atoms with van der Waals surface area (Å²) in [6, 6.07) is 11.5. The Hall–Kier alpha value is -2.27. The van der Waals surface area contributed by atoms with Gasteiger partial charge in [-0.3, -0.25) is 0 Å². The maximum Gasteiger partial charge on any atom is 0.160 e. The van der Waals surface area contributed by atoms with E-state index in [1.807, 2.05) is 23.7 Å². The molecular weight excluding hydrogens is 272 g/mol. The third kappa shape index (κ3) is 2.53. The van der Waals surface area contributed by atoms with Gasteiger partial charge in [0.2, 0.25) is 0 Å². The number of thiazole rings is 1. The van der Waals surface area contributed by atoms with Crippen molar-refractivity contribution in [2.45, 2.75) is 6.54 Å². The zero-order chi connectivity index (χ0) is 13.9. The van der Waals surface area contributed by atoms with Crippen LogP contribution in [-0.4, -0.2) is 17.2 Å². The summed E-state index contributed by atoms with van der Waals surface area (Å²) in [5, 5.41) is 13.1. The molecule has 2 aromatic carbocycles. The van der Waals surface area contributed by atoms with E-state index in [1.54, 1.807) is 23.5 Å². The van der Waals surface area contributed by atoms with E-state index >= 15 is 0 Å². The maximum absolute atomic E-state index is 9.74. The number of nitrogens with zero attached hydrogens (tertiary/aromatic N) is 1. The second kappa shape index (κ2) is 5.38. The Kier molecular flexibility index (Phi) is 3.43. The SMILES string of the molecule is COc1ccc(CNc2ccc3ncsc3c2)cc1O. The molecule has 0 aliphatic heterocycles. The number of phenolic OH excluding ortho intramolecular Hbond substituents is 1. The molecule has 0 radical (unpaired) electrons. The molecule has 0 atom stereocenters. The lowest BCUT2D eigenvalue weighted by Gasteiger charge is -2.09. The van der Waals surface area contributed by atoms with Gasteiger partial charge in [-0.15, -0.1) is 11.3 Å². The van der Waals surface area contributed by atoms with Crippen molar-refractivity contribution in [2.24, 2.45) is 0 Å². The van der Waals surface area contributed by atoms with Crippen molar-refractivity contribution in [1.82, 2.24) is 4.98 Å². The molecule has 0 saturated heterocycles. The summed E-state index contributed by atoms with van der Waals surface area (Å²) < 4.78 is 6.19. The molecule has 20 heavy (non-hydrogen) atoms. The van der Waals surface area contributed by atoms with Crippen LogP contribution >= 0.6 is 11.3 Å². The number of rotatable bonds is 4. The van der Waals surface area contributed by atoms with Gasteiger partial charge in [0.05, 0.1) is 22.8 Å². The van der Waals surface area contributed by atoms with Crippen molar-refractivity contribution in [3.05, 3.63) is 47.5 Å². The number of methoxy groups -OCH3 is 1. The molecular formula is C15H14N2O2S. The molecule has 0 unspecified atom stereocenters. The first kappa shape index (κ1) is 12.7. The highest BCUT2D eigenvalue weighted by atomic mass is 32.1. The van der Waals surface area contributed by atoms with Gasteiger partial charge in [0.1, 0.15) is 0 Å². The van der Waals surface area contributed by atoms with Crippen molar-refractivity contribution in [3.8, 4) is 11.5 Å². The largest absolute Gasteiger partial charge is 0.504 e. The number of hydrogen-bond acceptors (Lipinski definition) is 5. The number of ether oxygens (including phenoxy) is 1. The van der Waals surface area contributed by atoms with Crippen molar-refractivity contribution in [3.63, 3.8) is 0 Å². The minimum atomic E-state index is 0.157. The van der Waals surface area contributed by atoms with Crippen LogP contribution in [0.4, 0.5) is 5.69 Å². The summed E-state index contributed by atoms with van der Waals surface area (Å²) in [5.74, 6) is 0.643. The molecule has 1 aromatic heterocycles. The Morgan fingerprint density at radius 1 is 1.25 bits per heavy atom. The summed E-state index contributed by atoms with van der Waals surface area (Å²) >= 11 is 1.62. The van der Waals surface area contributed by atoms with Crippen LogP contribution in [0.1, 0.15) is 5.56 Å². The van der Waals surface area contributed by atoms with E-state index in [4.69, 9.17) is 4.74 Å². The van der Waals surface area contributed by atoms with E-state index in [2.05, 4.69) is 16.4 Å². The zero-order valence-electron chi connectivity index (χ0n) is 11.0. The fraction of sp³-hybridized carbons (Fsp3) is 0.133. The molecule has 0 aliphatic rings. The van der Waals surface area contributed by atoms with Gasteiger partial charge >= 0.3 is 0 Å².